The number of alkyl halides is 3. The van der Waals surface area contributed by atoms with Gasteiger partial charge < -0.3 is 4.74 Å². The number of hydrogen-bond donors (Lipinski definition) is 0. The van der Waals surface area contributed by atoms with Crippen LogP contribution in [0.4, 0.5) is 13.2 Å². The maximum absolute atomic E-state index is 11.1. The number of halogens is 3. The SMILES string of the molecule is FC(F)(F)COC[S]. The van der Waals surface area contributed by atoms with Crippen molar-refractivity contribution in [1.29, 1.82) is 0 Å². The Morgan fingerprint density at radius 3 is 2.00 bits per heavy atom. The monoisotopic (exact) mass is 145 g/mol. The molecule has 0 aromatic carbocycles. The molecule has 0 heterocycles. The molecule has 0 aliphatic carbocycles. The lowest BCUT2D eigenvalue weighted by Gasteiger charge is -2.02. The zero-order valence-corrected chi connectivity index (χ0v) is 4.68. The molecule has 0 saturated carbocycles. The zero-order chi connectivity index (χ0) is 6.62. The average molecular weight is 145 g/mol. The molecule has 0 fully saturated rings. The Morgan fingerprint density at radius 2 is 1.88 bits per heavy atom. The number of ether oxygens (including phenoxy) is 1. The Balaban J connectivity index is 3.11. The molecular weight excluding hydrogens is 141 g/mol. The predicted octanol–water partition coefficient (Wildman–Crippen LogP) is 1.72. The van der Waals surface area contributed by atoms with Crippen LogP contribution in [0.3, 0.4) is 0 Å². The maximum atomic E-state index is 11.1. The molecule has 0 unspecified atom stereocenters. The summed E-state index contributed by atoms with van der Waals surface area (Å²) >= 11 is 4.10. The van der Waals surface area contributed by atoms with Gasteiger partial charge in [0.2, 0.25) is 0 Å². The second-order valence-corrected chi connectivity index (χ2v) is 1.32. The molecule has 0 N–H and O–H groups in total. The molecule has 0 atom stereocenters. The summed E-state index contributed by atoms with van der Waals surface area (Å²) in [5.74, 6) is -0.306. The van der Waals surface area contributed by atoms with E-state index in [1.54, 1.807) is 0 Å². The Labute approximate surface area is 50.2 Å². The fourth-order valence-corrected chi connectivity index (χ4v) is 0.241. The van der Waals surface area contributed by atoms with E-state index in [2.05, 4.69) is 17.4 Å². The molecule has 8 heavy (non-hydrogen) atoms. The molecule has 0 spiro atoms. The summed E-state index contributed by atoms with van der Waals surface area (Å²) in [5, 5.41) is 0. The van der Waals surface area contributed by atoms with E-state index in [0.29, 0.717) is 0 Å². The molecule has 0 aliphatic heterocycles. The average Bonchev–Trinajstić information content (AvgIpc) is 1.59. The van der Waals surface area contributed by atoms with Gasteiger partial charge in [-0.1, -0.05) is 12.6 Å². The van der Waals surface area contributed by atoms with Gasteiger partial charge >= 0.3 is 6.18 Å². The van der Waals surface area contributed by atoms with Crippen molar-refractivity contribution in [2.24, 2.45) is 0 Å². The third-order valence-corrected chi connectivity index (χ3v) is 0.516. The lowest BCUT2D eigenvalue weighted by molar-refractivity contribution is -0.168. The van der Waals surface area contributed by atoms with E-state index in [9.17, 15) is 13.2 Å². The number of rotatable bonds is 2. The van der Waals surface area contributed by atoms with Crippen LogP contribution in [0, 0.1) is 0 Å². The van der Waals surface area contributed by atoms with Gasteiger partial charge in [-0.05, 0) is 0 Å². The first-order chi connectivity index (χ1) is 3.56. The van der Waals surface area contributed by atoms with Crippen LogP contribution in [0.15, 0.2) is 0 Å². The van der Waals surface area contributed by atoms with E-state index in [1.807, 2.05) is 0 Å². The topological polar surface area (TPSA) is 9.23 Å². The largest absolute Gasteiger partial charge is 0.411 e. The highest BCUT2D eigenvalue weighted by atomic mass is 32.1. The van der Waals surface area contributed by atoms with E-state index < -0.39 is 12.8 Å². The molecule has 0 bridgehead atoms. The summed E-state index contributed by atoms with van der Waals surface area (Å²) < 4.78 is 37.1. The van der Waals surface area contributed by atoms with Gasteiger partial charge in [0.05, 0.1) is 0 Å². The van der Waals surface area contributed by atoms with E-state index in [4.69, 9.17) is 0 Å². The van der Waals surface area contributed by atoms with Crippen molar-refractivity contribution < 1.29 is 17.9 Å². The van der Waals surface area contributed by atoms with Gasteiger partial charge in [-0.2, -0.15) is 13.2 Å². The van der Waals surface area contributed by atoms with Crippen LogP contribution in [0.1, 0.15) is 0 Å². The van der Waals surface area contributed by atoms with Crippen LogP contribution in [0.5, 0.6) is 0 Å². The first kappa shape index (κ1) is 8.10. The standard InChI is InChI=1S/C3H4F3OS/c4-3(5,6)1-7-2-8/h1-2H2. The van der Waals surface area contributed by atoms with Gasteiger partial charge in [0.25, 0.3) is 0 Å². The van der Waals surface area contributed by atoms with Crippen molar-refractivity contribution in [2.45, 2.75) is 6.18 Å². The number of hydrogen-bond acceptors (Lipinski definition) is 1. The van der Waals surface area contributed by atoms with Crippen molar-refractivity contribution >= 4 is 12.6 Å². The molecule has 0 aromatic rings. The fraction of sp³-hybridized carbons (Fsp3) is 1.00. The summed E-state index contributed by atoms with van der Waals surface area (Å²) in [6.45, 7) is -1.24. The molecule has 1 radical (unpaired) electrons. The molecule has 0 aliphatic rings. The Morgan fingerprint density at radius 1 is 1.38 bits per heavy atom. The van der Waals surface area contributed by atoms with Gasteiger partial charge in [0.1, 0.15) is 12.5 Å². The van der Waals surface area contributed by atoms with Gasteiger partial charge in [-0.25, -0.2) is 0 Å². The van der Waals surface area contributed by atoms with E-state index >= 15 is 0 Å². The summed E-state index contributed by atoms with van der Waals surface area (Å²) in [7, 11) is 0. The molecule has 0 aromatic heterocycles. The van der Waals surface area contributed by atoms with Gasteiger partial charge in [0, 0.05) is 0 Å². The molecule has 0 amide bonds. The Kier molecular flexibility index (Phi) is 3.23. The molecule has 0 saturated heterocycles. The molecular formula is C3H4F3OS. The van der Waals surface area contributed by atoms with Crippen LogP contribution in [0.25, 0.3) is 0 Å². The third-order valence-electron chi connectivity index (χ3n) is 0.349. The lowest BCUT2D eigenvalue weighted by atomic mass is 10.7. The van der Waals surface area contributed by atoms with Crippen LogP contribution < -0.4 is 0 Å². The first-order valence-electron chi connectivity index (χ1n) is 1.79. The van der Waals surface area contributed by atoms with Crippen LogP contribution in [-0.4, -0.2) is 18.7 Å². The highest BCUT2D eigenvalue weighted by molar-refractivity contribution is 7.80. The minimum Gasteiger partial charge on any atom is -0.361 e. The van der Waals surface area contributed by atoms with E-state index in [1.165, 1.54) is 0 Å². The highest BCUT2D eigenvalue weighted by Crippen LogP contribution is 2.14. The molecule has 1 nitrogen and oxygen atoms in total. The van der Waals surface area contributed by atoms with Crippen LogP contribution >= 0.6 is 12.6 Å². The van der Waals surface area contributed by atoms with Gasteiger partial charge in [0.15, 0.2) is 0 Å². The summed E-state index contributed by atoms with van der Waals surface area (Å²) in [6.07, 6.45) is -4.24. The highest BCUT2D eigenvalue weighted by Gasteiger charge is 2.26. The molecule has 0 rings (SSSR count). The second-order valence-electron chi connectivity index (χ2n) is 1.08. The van der Waals surface area contributed by atoms with Gasteiger partial charge in [-0.3, -0.25) is 0 Å². The summed E-state index contributed by atoms with van der Waals surface area (Å²) in [5.41, 5.74) is 0. The van der Waals surface area contributed by atoms with Crippen molar-refractivity contribution in [3.05, 3.63) is 0 Å². The normalized spacial score (nSPS) is 12.0. The summed E-state index contributed by atoms with van der Waals surface area (Å²) in [4.78, 5) is 0. The second kappa shape index (κ2) is 3.19. The minimum absolute atomic E-state index is 0.306. The van der Waals surface area contributed by atoms with Crippen molar-refractivity contribution in [3.8, 4) is 0 Å². The van der Waals surface area contributed by atoms with Crippen LogP contribution in [-0.2, 0) is 4.74 Å². The van der Waals surface area contributed by atoms with Crippen molar-refractivity contribution in [1.82, 2.24) is 0 Å². The molecule has 49 valence electrons. The zero-order valence-electron chi connectivity index (χ0n) is 3.86. The Hall–Kier alpha value is 0.100. The van der Waals surface area contributed by atoms with Gasteiger partial charge in [-0.15, -0.1) is 0 Å². The minimum atomic E-state index is -4.24. The predicted molar refractivity (Wildman–Crippen MR) is 24.5 cm³/mol. The fourth-order valence-electron chi connectivity index (χ4n) is 0.157. The quantitative estimate of drug-likeness (QED) is 0.574. The van der Waals surface area contributed by atoms with Crippen molar-refractivity contribution in [3.63, 3.8) is 0 Å². The Bertz CT molecular complexity index is 62.0. The van der Waals surface area contributed by atoms with Crippen molar-refractivity contribution in [2.75, 3.05) is 12.5 Å². The summed E-state index contributed by atoms with van der Waals surface area (Å²) in [6, 6.07) is 0. The smallest absolute Gasteiger partial charge is 0.361 e. The van der Waals surface area contributed by atoms with E-state index in [-0.39, 0.29) is 5.94 Å². The van der Waals surface area contributed by atoms with E-state index in [0.717, 1.165) is 0 Å². The lowest BCUT2D eigenvalue weighted by Crippen LogP contribution is -2.16. The first-order valence-corrected chi connectivity index (χ1v) is 2.36. The maximum Gasteiger partial charge on any atom is 0.411 e. The van der Waals surface area contributed by atoms with Crippen LogP contribution in [0.2, 0.25) is 0 Å². The molecule has 5 heteroatoms. The third kappa shape index (κ3) is 6.10.